The lowest BCUT2D eigenvalue weighted by Crippen LogP contribution is -2.35. The minimum absolute atomic E-state index is 0.123. The van der Waals surface area contributed by atoms with Gasteiger partial charge in [0.1, 0.15) is 0 Å². The molecule has 0 fully saturated rings. The van der Waals surface area contributed by atoms with E-state index in [1.807, 2.05) is 20.8 Å². The number of nitrogens with one attached hydrogen (secondary N) is 1. The van der Waals surface area contributed by atoms with E-state index in [4.69, 9.17) is 0 Å². The Hall–Kier alpha value is -0.620. The number of nitrogens with zero attached hydrogens (tertiary/aromatic N) is 1. The molecule has 6 heteroatoms. The lowest BCUT2D eigenvalue weighted by molar-refractivity contribution is -0.137. The summed E-state index contributed by atoms with van der Waals surface area (Å²) in [6, 6.07) is 0. The van der Waals surface area contributed by atoms with E-state index in [1.165, 1.54) is 5.38 Å². The van der Waals surface area contributed by atoms with Gasteiger partial charge in [0, 0.05) is 17.5 Å². The molecule has 0 aromatic carbocycles. The van der Waals surface area contributed by atoms with Gasteiger partial charge < -0.3 is 5.32 Å². The van der Waals surface area contributed by atoms with Crippen LogP contribution in [-0.2, 0) is 12.7 Å². The van der Waals surface area contributed by atoms with E-state index in [1.54, 1.807) is 0 Å². The van der Waals surface area contributed by atoms with Crippen LogP contribution in [0.4, 0.5) is 13.2 Å². The smallest absolute Gasteiger partial charge is 0.306 e. The van der Waals surface area contributed by atoms with Crippen molar-refractivity contribution in [3.8, 4) is 0 Å². The Morgan fingerprint density at radius 1 is 1.33 bits per heavy atom. The molecule has 1 rings (SSSR count). The first-order valence-corrected chi connectivity index (χ1v) is 5.33. The summed E-state index contributed by atoms with van der Waals surface area (Å²) in [5.41, 5.74) is 0.310. The normalized spacial score (nSPS) is 13.2. The maximum atomic E-state index is 12.2. The molecule has 0 atom stereocenters. The van der Waals surface area contributed by atoms with E-state index < -0.39 is 11.2 Å². The average molecular weight is 238 g/mol. The van der Waals surface area contributed by atoms with Crippen LogP contribution in [-0.4, -0.2) is 10.5 Å². The van der Waals surface area contributed by atoms with Gasteiger partial charge in [-0.1, -0.05) is 0 Å². The predicted molar refractivity (Wildman–Crippen MR) is 53.7 cm³/mol. The molecule has 86 valence electrons. The minimum Gasteiger partial charge on any atom is -0.306 e. The molecule has 1 heterocycles. The Balaban J connectivity index is 2.62. The molecule has 1 aromatic rings. The van der Waals surface area contributed by atoms with Crippen LogP contribution >= 0.6 is 11.3 Å². The Morgan fingerprint density at radius 2 is 1.93 bits per heavy atom. The second-order valence-electron chi connectivity index (χ2n) is 4.25. The Morgan fingerprint density at radius 3 is 2.33 bits per heavy atom. The van der Waals surface area contributed by atoms with Gasteiger partial charge in [-0.25, -0.2) is 4.98 Å². The summed E-state index contributed by atoms with van der Waals surface area (Å²) in [4.78, 5) is 3.52. The molecule has 0 unspecified atom stereocenters. The summed E-state index contributed by atoms with van der Waals surface area (Å²) < 4.78 is 36.6. The Kier molecular flexibility index (Phi) is 3.40. The second-order valence-corrected chi connectivity index (χ2v) is 5.10. The first-order chi connectivity index (χ1) is 6.68. The number of halogens is 3. The molecule has 2 nitrogen and oxygen atoms in total. The topological polar surface area (TPSA) is 24.9 Å². The van der Waals surface area contributed by atoms with E-state index >= 15 is 0 Å². The van der Waals surface area contributed by atoms with Crippen molar-refractivity contribution in [1.82, 2.24) is 10.3 Å². The van der Waals surface area contributed by atoms with Gasteiger partial charge in [0.05, 0.1) is 5.69 Å². The lowest BCUT2D eigenvalue weighted by atomic mass is 10.1. The van der Waals surface area contributed by atoms with Crippen molar-refractivity contribution in [1.29, 1.82) is 0 Å². The van der Waals surface area contributed by atoms with Gasteiger partial charge in [-0.05, 0) is 20.8 Å². The van der Waals surface area contributed by atoms with Crippen molar-refractivity contribution in [2.45, 2.75) is 39.0 Å². The van der Waals surface area contributed by atoms with Gasteiger partial charge in [-0.2, -0.15) is 13.2 Å². The predicted octanol–water partition coefficient (Wildman–Crippen LogP) is 3.05. The molecule has 0 amide bonds. The highest BCUT2D eigenvalue weighted by Crippen LogP contribution is 2.31. The number of hydrogen-bond acceptors (Lipinski definition) is 3. The fraction of sp³-hybridized carbons (Fsp3) is 0.667. The number of alkyl halides is 3. The van der Waals surface area contributed by atoms with Crippen LogP contribution in [0.5, 0.6) is 0 Å². The molecule has 0 saturated carbocycles. The third-order valence-electron chi connectivity index (χ3n) is 1.59. The summed E-state index contributed by atoms with van der Waals surface area (Å²) in [6.45, 7) is 6.20. The molecule has 1 N–H and O–H groups in total. The van der Waals surface area contributed by atoms with E-state index in [0.717, 1.165) is 0 Å². The Bertz CT molecular complexity index is 325. The first kappa shape index (κ1) is 12.4. The SMILES string of the molecule is CC(C)(C)NCc1csc(C(F)(F)F)n1. The molecule has 0 aliphatic heterocycles. The van der Waals surface area contributed by atoms with Gasteiger partial charge in [0.15, 0.2) is 5.01 Å². The standard InChI is InChI=1S/C9H13F3N2S/c1-8(2,3)13-4-6-5-15-7(14-6)9(10,11)12/h5,13H,4H2,1-3H3. The summed E-state index contributed by atoms with van der Waals surface area (Å²) >= 11 is 0.631. The van der Waals surface area contributed by atoms with Gasteiger partial charge in [-0.15, -0.1) is 11.3 Å². The van der Waals surface area contributed by atoms with E-state index in [9.17, 15) is 13.2 Å². The molecule has 15 heavy (non-hydrogen) atoms. The van der Waals surface area contributed by atoms with Crippen molar-refractivity contribution >= 4 is 11.3 Å². The van der Waals surface area contributed by atoms with Gasteiger partial charge in [-0.3, -0.25) is 0 Å². The van der Waals surface area contributed by atoms with Crippen molar-refractivity contribution in [2.75, 3.05) is 0 Å². The van der Waals surface area contributed by atoms with Crippen molar-refractivity contribution in [2.24, 2.45) is 0 Å². The van der Waals surface area contributed by atoms with Crippen LogP contribution in [0.3, 0.4) is 0 Å². The molecule has 0 spiro atoms. The largest absolute Gasteiger partial charge is 0.443 e. The monoisotopic (exact) mass is 238 g/mol. The zero-order valence-electron chi connectivity index (χ0n) is 8.77. The molecule has 0 bridgehead atoms. The highest BCUT2D eigenvalue weighted by Gasteiger charge is 2.34. The van der Waals surface area contributed by atoms with Gasteiger partial charge in [0.2, 0.25) is 0 Å². The third kappa shape index (κ3) is 4.17. The summed E-state index contributed by atoms with van der Waals surface area (Å²) in [6.07, 6.45) is -4.33. The molecule has 1 aromatic heterocycles. The summed E-state index contributed by atoms with van der Waals surface area (Å²) in [5.74, 6) is 0. The molecular weight excluding hydrogens is 225 g/mol. The lowest BCUT2D eigenvalue weighted by Gasteiger charge is -2.19. The molecular formula is C9H13F3N2S. The van der Waals surface area contributed by atoms with Crippen LogP contribution in [0.15, 0.2) is 5.38 Å². The van der Waals surface area contributed by atoms with Crippen molar-refractivity contribution in [3.63, 3.8) is 0 Å². The number of aromatic nitrogens is 1. The maximum absolute atomic E-state index is 12.2. The van der Waals surface area contributed by atoms with Crippen LogP contribution in [0.25, 0.3) is 0 Å². The highest BCUT2D eigenvalue weighted by atomic mass is 32.1. The molecule has 0 radical (unpaired) electrons. The molecule has 0 aliphatic carbocycles. The van der Waals surface area contributed by atoms with Gasteiger partial charge >= 0.3 is 6.18 Å². The molecule has 0 saturated heterocycles. The average Bonchev–Trinajstić information content (AvgIpc) is 2.45. The van der Waals surface area contributed by atoms with Crippen LogP contribution in [0.2, 0.25) is 0 Å². The number of hydrogen-bond donors (Lipinski definition) is 1. The van der Waals surface area contributed by atoms with E-state index in [0.29, 0.717) is 23.6 Å². The van der Waals surface area contributed by atoms with Crippen LogP contribution < -0.4 is 5.32 Å². The quantitative estimate of drug-likeness (QED) is 0.856. The van der Waals surface area contributed by atoms with Crippen molar-refractivity contribution in [3.05, 3.63) is 16.1 Å². The third-order valence-corrected chi connectivity index (χ3v) is 2.53. The highest BCUT2D eigenvalue weighted by molar-refractivity contribution is 7.09. The van der Waals surface area contributed by atoms with Gasteiger partial charge in [0.25, 0.3) is 0 Å². The van der Waals surface area contributed by atoms with E-state index in [-0.39, 0.29) is 5.54 Å². The van der Waals surface area contributed by atoms with Crippen LogP contribution in [0, 0.1) is 0 Å². The van der Waals surface area contributed by atoms with Crippen molar-refractivity contribution < 1.29 is 13.2 Å². The number of thiazole rings is 1. The zero-order chi connectivity index (χ0) is 11.7. The summed E-state index contributed by atoms with van der Waals surface area (Å²) in [7, 11) is 0. The fourth-order valence-corrected chi connectivity index (χ4v) is 1.56. The maximum Gasteiger partial charge on any atom is 0.443 e. The summed E-state index contributed by atoms with van der Waals surface area (Å²) in [5, 5.41) is 3.73. The molecule has 0 aliphatic rings. The van der Waals surface area contributed by atoms with Crippen LogP contribution in [0.1, 0.15) is 31.5 Å². The fourth-order valence-electron chi connectivity index (χ4n) is 0.874. The minimum atomic E-state index is -4.33. The second kappa shape index (κ2) is 4.09. The zero-order valence-corrected chi connectivity index (χ0v) is 9.59. The van der Waals surface area contributed by atoms with E-state index in [2.05, 4.69) is 10.3 Å². The number of rotatable bonds is 2. The first-order valence-electron chi connectivity index (χ1n) is 4.45. The Labute approximate surface area is 90.5 Å².